The molecule has 0 radical (unpaired) electrons. The maximum Gasteiger partial charge on any atom is 0.264 e. The molecule has 0 aromatic rings. The molecule has 1 atom stereocenters. The SMILES string of the molecule is O=CC1=CC=NC(=O)C1Br. The summed E-state index contributed by atoms with van der Waals surface area (Å²) in [6.45, 7) is 0. The first-order valence-corrected chi connectivity index (χ1v) is 3.54. The summed E-state index contributed by atoms with van der Waals surface area (Å²) in [6, 6.07) is 0. The van der Waals surface area contributed by atoms with Crippen LogP contribution < -0.4 is 0 Å². The molecule has 4 heteroatoms. The molecule has 10 heavy (non-hydrogen) atoms. The number of hydrogen-bond acceptors (Lipinski definition) is 2. The first-order chi connectivity index (χ1) is 4.75. The van der Waals surface area contributed by atoms with Crippen molar-refractivity contribution in [1.82, 2.24) is 0 Å². The standard InChI is InChI=1S/C6H4BrNO2/c7-5-4(3-9)1-2-8-6(5)10/h1-3,5H. The second-order valence-electron chi connectivity index (χ2n) is 1.76. The van der Waals surface area contributed by atoms with Crippen LogP contribution in [0.1, 0.15) is 0 Å². The summed E-state index contributed by atoms with van der Waals surface area (Å²) in [5.74, 6) is -0.329. The number of hydrogen-bond donors (Lipinski definition) is 0. The molecule has 0 fully saturated rings. The molecule has 3 nitrogen and oxygen atoms in total. The number of aliphatic imine (C=N–C) groups is 1. The average molecular weight is 202 g/mol. The van der Waals surface area contributed by atoms with Gasteiger partial charge in [0.1, 0.15) is 11.1 Å². The van der Waals surface area contributed by atoms with E-state index in [0.29, 0.717) is 11.9 Å². The number of allylic oxidation sites excluding steroid dienone is 1. The Morgan fingerprint density at radius 1 is 1.70 bits per heavy atom. The second kappa shape index (κ2) is 2.88. The zero-order valence-corrected chi connectivity index (χ0v) is 6.54. The van der Waals surface area contributed by atoms with E-state index in [-0.39, 0.29) is 5.91 Å². The Bertz CT molecular complexity index is 232. The summed E-state index contributed by atoms with van der Waals surface area (Å²) in [5.41, 5.74) is 0.417. The predicted molar refractivity (Wildman–Crippen MR) is 40.4 cm³/mol. The van der Waals surface area contributed by atoms with E-state index in [0.717, 1.165) is 0 Å². The first-order valence-electron chi connectivity index (χ1n) is 2.63. The van der Waals surface area contributed by atoms with Crippen molar-refractivity contribution in [3.05, 3.63) is 11.6 Å². The topological polar surface area (TPSA) is 46.5 Å². The average Bonchev–Trinajstić information content (AvgIpc) is 1.95. The quantitative estimate of drug-likeness (QED) is 0.458. The zero-order valence-electron chi connectivity index (χ0n) is 4.95. The van der Waals surface area contributed by atoms with Gasteiger partial charge in [-0.3, -0.25) is 9.59 Å². The molecule has 0 aromatic carbocycles. The molecule has 0 aliphatic carbocycles. The van der Waals surface area contributed by atoms with Crippen molar-refractivity contribution in [2.24, 2.45) is 4.99 Å². The molecule has 1 aliphatic rings. The minimum atomic E-state index is -0.546. The number of halogens is 1. The van der Waals surface area contributed by atoms with Crippen LogP contribution in [0, 0.1) is 0 Å². The fourth-order valence-electron chi connectivity index (χ4n) is 0.588. The minimum absolute atomic E-state index is 0.329. The third kappa shape index (κ3) is 1.21. The van der Waals surface area contributed by atoms with Gasteiger partial charge in [-0.25, -0.2) is 4.99 Å². The van der Waals surface area contributed by atoms with Gasteiger partial charge in [-0.2, -0.15) is 0 Å². The molecule has 0 spiro atoms. The smallest absolute Gasteiger partial charge is 0.264 e. The highest BCUT2D eigenvalue weighted by atomic mass is 79.9. The highest BCUT2D eigenvalue weighted by Crippen LogP contribution is 2.14. The first kappa shape index (κ1) is 7.34. The molecule has 0 bridgehead atoms. The number of amides is 1. The van der Waals surface area contributed by atoms with Gasteiger partial charge < -0.3 is 0 Å². The lowest BCUT2D eigenvalue weighted by atomic mass is 10.1. The molecule has 0 aromatic heterocycles. The Balaban J connectivity index is 2.91. The van der Waals surface area contributed by atoms with Gasteiger partial charge >= 0.3 is 0 Å². The van der Waals surface area contributed by atoms with Crippen molar-refractivity contribution >= 4 is 34.3 Å². The van der Waals surface area contributed by atoms with Crippen molar-refractivity contribution in [1.29, 1.82) is 0 Å². The predicted octanol–water partition coefficient (Wildman–Crippen LogP) is 0.486. The number of alkyl halides is 1. The van der Waals surface area contributed by atoms with Gasteiger partial charge in [0.05, 0.1) is 0 Å². The van der Waals surface area contributed by atoms with E-state index in [2.05, 4.69) is 20.9 Å². The van der Waals surface area contributed by atoms with Gasteiger partial charge in [-0.05, 0) is 6.08 Å². The van der Waals surface area contributed by atoms with Gasteiger partial charge in [0, 0.05) is 11.8 Å². The van der Waals surface area contributed by atoms with Gasteiger partial charge in [-0.15, -0.1) is 0 Å². The van der Waals surface area contributed by atoms with Crippen molar-refractivity contribution in [3.63, 3.8) is 0 Å². The third-order valence-electron chi connectivity index (χ3n) is 1.11. The summed E-state index contributed by atoms with van der Waals surface area (Å²) in [4.78, 5) is 23.8. The number of dihydropyridines is 1. The molecular formula is C6H4BrNO2. The fourth-order valence-corrected chi connectivity index (χ4v) is 0.967. The third-order valence-corrected chi connectivity index (χ3v) is 2.03. The van der Waals surface area contributed by atoms with Crippen LogP contribution >= 0.6 is 15.9 Å². The van der Waals surface area contributed by atoms with Gasteiger partial charge in [0.2, 0.25) is 0 Å². The number of carbonyl (C=O) groups is 2. The van der Waals surface area contributed by atoms with Crippen molar-refractivity contribution < 1.29 is 9.59 Å². The lowest BCUT2D eigenvalue weighted by Crippen LogP contribution is -2.18. The van der Waals surface area contributed by atoms with Gasteiger partial charge in [-0.1, -0.05) is 15.9 Å². The van der Waals surface area contributed by atoms with E-state index >= 15 is 0 Å². The second-order valence-corrected chi connectivity index (χ2v) is 2.68. The van der Waals surface area contributed by atoms with Gasteiger partial charge in [0.25, 0.3) is 5.91 Å². The van der Waals surface area contributed by atoms with Crippen molar-refractivity contribution in [3.8, 4) is 0 Å². The number of rotatable bonds is 1. The molecule has 1 amide bonds. The van der Waals surface area contributed by atoms with E-state index in [1.54, 1.807) is 0 Å². The molecule has 0 saturated heterocycles. The lowest BCUT2D eigenvalue weighted by molar-refractivity contribution is -0.117. The van der Waals surface area contributed by atoms with Crippen LogP contribution in [-0.2, 0) is 9.59 Å². The molecule has 0 saturated carbocycles. The maximum absolute atomic E-state index is 10.7. The van der Waals surface area contributed by atoms with Crippen LogP contribution in [-0.4, -0.2) is 23.2 Å². The van der Waals surface area contributed by atoms with Crippen molar-refractivity contribution in [2.75, 3.05) is 0 Å². The molecule has 0 N–H and O–H groups in total. The highest BCUT2D eigenvalue weighted by molar-refractivity contribution is 9.10. The molecule has 1 rings (SSSR count). The Hall–Kier alpha value is -0.770. The Morgan fingerprint density at radius 2 is 2.40 bits per heavy atom. The zero-order chi connectivity index (χ0) is 7.56. The Kier molecular flexibility index (Phi) is 2.11. The summed E-state index contributed by atoms with van der Waals surface area (Å²) in [6.07, 6.45) is 3.47. The summed E-state index contributed by atoms with van der Waals surface area (Å²) in [7, 11) is 0. The summed E-state index contributed by atoms with van der Waals surface area (Å²) >= 11 is 3.02. The van der Waals surface area contributed by atoms with Crippen LogP contribution in [0.5, 0.6) is 0 Å². The van der Waals surface area contributed by atoms with Gasteiger partial charge in [0.15, 0.2) is 0 Å². The maximum atomic E-state index is 10.7. The number of aldehydes is 1. The summed E-state index contributed by atoms with van der Waals surface area (Å²) < 4.78 is 0. The lowest BCUT2D eigenvalue weighted by Gasteiger charge is -2.06. The Labute approximate surface area is 66.0 Å². The van der Waals surface area contributed by atoms with Crippen molar-refractivity contribution in [2.45, 2.75) is 4.83 Å². The number of carbonyl (C=O) groups excluding carboxylic acids is 2. The number of nitrogens with zero attached hydrogens (tertiary/aromatic N) is 1. The minimum Gasteiger partial charge on any atom is -0.298 e. The fraction of sp³-hybridized carbons (Fsp3) is 0.167. The molecule has 52 valence electrons. The molecular weight excluding hydrogens is 198 g/mol. The summed E-state index contributed by atoms with van der Waals surface area (Å²) in [5, 5.41) is 0. The van der Waals surface area contributed by atoms with Crippen LogP contribution in [0.3, 0.4) is 0 Å². The molecule has 1 heterocycles. The van der Waals surface area contributed by atoms with Crippen LogP contribution in [0.15, 0.2) is 16.6 Å². The van der Waals surface area contributed by atoms with E-state index < -0.39 is 4.83 Å². The van der Waals surface area contributed by atoms with Crippen LogP contribution in [0.4, 0.5) is 0 Å². The van der Waals surface area contributed by atoms with Crippen LogP contribution in [0.25, 0.3) is 0 Å². The normalized spacial score (nSPS) is 24.3. The molecule has 1 aliphatic heterocycles. The molecule has 1 unspecified atom stereocenters. The van der Waals surface area contributed by atoms with E-state index in [9.17, 15) is 9.59 Å². The highest BCUT2D eigenvalue weighted by Gasteiger charge is 2.19. The van der Waals surface area contributed by atoms with E-state index in [4.69, 9.17) is 0 Å². The monoisotopic (exact) mass is 201 g/mol. The largest absolute Gasteiger partial charge is 0.298 e. The van der Waals surface area contributed by atoms with Crippen LogP contribution in [0.2, 0.25) is 0 Å². The van der Waals surface area contributed by atoms with E-state index in [1.807, 2.05) is 0 Å². The van der Waals surface area contributed by atoms with E-state index in [1.165, 1.54) is 12.3 Å². The Morgan fingerprint density at radius 3 is 2.90 bits per heavy atom.